The van der Waals surface area contributed by atoms with Gasteiger partial charge in [-0.3, -0.25) is 9.59 Å². The lowest BCUT2D eigenvalue weighted by Gasteiger charge is -2.11. The Hall–Kier alpha value is -1.06. The predicted molar refractivity (Wildman–Crippen MR) is 39.9 cm³/mol. The van der Waals surface area contributed by atoms with Crippen LogP contribution in [-0.4, -0.2) is 24.5 Å². The number of hydrogen-bond acceptors (Lipinski definition) is 3. The van der Waals surface area contributed by atoms with Crippen molar-refractivity contribution in [1.82, 2.24) is 5.32 Å². The van der Waals surface area contributed by atoms with Gasteiger partial charge in [-0.2, -0.15) is 0 Å². The standard InChI is InChI=1S/C7H13NO3/c1-5(8-6(2)9)4-11-7(3)10/h5H,4H2,1-3H3,(H,8,9). The highest BCUT2D eigenvalue weighted by molar-refractivity contribution is 5.73. The van der Waals surface area contributed by atoms with Crippen LogP contribution >= 0.6 is 0 Å². The Bertz CT molecular complexity index is 156. The summed E-state index contributed by atoms with van der Waals surface area (Å²) in [6.45, 7) is 4.75. The van der Waals surface area contributed by atoms with Gasteiger partial charge in [-0.25, -0.2) is 0 Å². The second-order valence-electron chi connectivity index (χ2n) is 2.40. The third-order valence-electron chi connectivity index (χ3n) is 0.986. The van der Waals surface area contributed by atoms with Gasteiger partial charge in [0.2, 0.25) is 5.91 Å². The Balaban J connectivity index is 3.44. The molecule has 0 saturated heterocycles. The summed E-state index contributed by atoms with van der Waals surface area (Å²) in [6.07, 6.45) is 0. The molecule has 11 heavy (non-hydrogen) atoms. The summed E-state index contributed by atoms with van der Waals surface area (Å²) in [5.74, 6) is -0.452. The maximum atomic E-state index is 10.4. The zero-order chi connectivity index (χ0) is 8.85. The normalized spacial score (nSPS) is 11.9. The minimum atomic E-state index is -0.331. The van der Waals surface area contributed by atoms with Crippen LogP contribution in [0.5, 0.6) is 0 Å². The van der Waals surface area contributed by atoms with Gasteiger partial charge in [0.1, 0.15) is 6.61 Å². The van der Waals surface area contributed by atoms with E-state index in [1.807, 2.05) is 0 Å². The molecule has 64 valence electrons. The minimum absolute atomic E-state index is 0.114. The van der Waals surface area contributed by atoms with Gasteiger partial charge in [0.05, 0.1) is 6.04 Å². The number of hydrogen-bond donors (Lipinski definition) is 1. The minimum Gasteiger partial charge on any atom is -0.464 e. The van der Waals surface area contributed by atoms with Gasteiger partial charge >= 0.3 is 5.97 Å². The quantitative estimate of drug-likeness (QED) is 0.593. The molecule has 0 aliphatic carbocycles. The van der Waals surface area contributed by atoms with Crippen molar-refractivity contribution in [1.29, 1.82) is 0 Å². The molecule has 0 aliphatic heterocycles. The summed E-state index contributed by atoms with van der Waals surface area (Å²) in [5.41, 5.74) is 0. The predicted octanol–water partition coefficient (Wildman–Crippen LogP) is 0.0741. The molecule has 4 heteroatoms. The van der Waals surface area contributed by atoms with Crippen LogP contribution in [0.15, 0.2) is 0 Å². The number of carbonyl (C=O) groups is 2. The van der Waals surface area contributed by atoms with Gasteiger partial charge in [0.25, 0.3) is 0 Å². The van der Waals surface area contributed by atoms with E-state index in [9.17, 15) is 9.59 Å². The molecule has 0 radical (unpaired) electrons. The number of carbonyl (C=O) groups excluding carboxylic acids is 2. The molecule has 0 aromatic carbocycles. The number of ether oxygens (including phenoxy) is 1. The Labute approximate surface area is 65.9 Å². The van der Waals surface area contributed by atoms with Gasteiger partial charge < -0.3 is 10.1 Å². The largest absolute Gasteiger partial charge is 0.464 e. The average molecular weight is 159 g/mol. The Morgan fingerprint density at radius 3 is 2.36 bits per heavy atom. The molecule has 0 aromatic heterocycles. The third-order valence-corrected chi connectivity index (χ3v) is 0.986. The molecular formula is C7H13NO3. The molecule has 0 aliphatic rings. The topological polar surface area (TPSA) is 55.4 Å². The molecule has 0 rings (SSSR count). The first-order valence-corrected chi connectivity index (χ1v) is 3.43. The van der Waals surface area contributed by atoms with Crippen molar-refractivity contribution >= 4 is 11.9 Å². The lowest BCUT2D eigenvalue weighted by molar-refractivity contribution is -0.142. The van der Waals surface area contributed by atoms with E-state index in [0.717, 1.165) is 0 Å². The highest BCUT2D eigenvalue weighted by Gasteiger charge is 2.03. The van der Waals surface area contributed by atoms with Crippen LogP contribution < -0.4 is 5.32 Å². The molecule has 0 saturated carbocycles. The first kappa shape index (κ1) is 9.94. The van der Waals surface area contributed by atoms with E-state index in [1.54, 1.807) is 6.92 Å². The molecular weight excluding hydrogens is 146 g/mol. The van der Waals surface area contributed by atoms with Crippen molar-refractivity contribution in [2.75, 3.05) is 6.61 Å². The second kappa shape index (κ2) is 4.71. The lowest BCUT2D eigenvalue weighted by atomic mass is 10.3. The molecule has 1 N–H and O–H groups in total. The van der Waals surface area contributed by atoms with E-state index in [1.165, 1.54) is 13.8 Å². The lowest BCUT2D eigenvalue weighted by Crippen LogP contribution is -2.34. The van der Waals surface area contributed by atoms with Gasteiger partial charge in [0.15, 0.2) is 0 Å². The van der Waals surface area contributed by atoms with Crippen LogP contribution in [-0.2, 0) is 14.3 Å². The summed E-state index contributed by atoms with van der Waals surface area (Å²) in [6, 6.07) is -0.114. The number of nitrogens with one attached hydrogen (secondary N) is 1. The van der Waals surface area contributed by atoms with Crippen molar-refractivity contribution in [2.24, 2.45) is 0 Å². The van der Waals surface area contributed by atoms with E-state index in [-0.39, 0.29) is 24.5 Å². The highest BCUT2D eigenvalue weighted by atomic mass is 16.5. The summed E-state index contributed by atoms with van der Waals surface area (Å²) in [7, 11) is 0. The van der Waals surface area contributed by atoms with Crippen LogP contribution in [0, 0.1) is 0 Å². The fourth-order valence-electron chi connectivity index (χ4n) is 0.631. The van der Waals surface area contributed by atoms with Crippen molar-refractivity contribution in [3.05, 3.63) is 0 Å². The Kier molecular flexibility index (Phi) is 4.26. The maximum absolute atomic E-state index is 10.4. The highest BCUT2D eigenvalue weighted by Crippen LogP contribution is 1.84. The van der Waals surface area contributed by atoms with E-state index >= 15 is 0 Å². The number of amides is 1. The Morgan fingerprint density at radius 2 is 2.00 bits per heavy atom. The van der Waals surface area contributed by atoms with Crippen LogP contribution in [0.4, 0.5) is 0 Å². The van der Waals surface area contributed by atoms with Crippen molar-refractivity contribution < 1.29 is 14.3 Å². The van der Waals surface area contributed by atoms with Crippen LogP contribution in [0.25, 0.3) is 0 Å². The summed E-state index contributed by atoms with van der Waals surface area (Å²) < 4.78 is 4.65. The van der Waals surface area contributed by atoms with Gasteiger partial charge in [-0.1, -0.05) is 0 Å². The smallest absolute Gasteiger partial charge is 0.302 e. The van der Waals surface area contributed by atoms with E-state index in [4.69, 9.17) is 0 Å². The fourth-order valence-corrected chi connectivity index (χ4v) is 0.631. The molecule has 0 bridgehead atoms. The zero-order valence-corrected chi connectivity index (χ0v) is 7.01. The molecule has 1 amide bonds. The van der Waals surface area contributed by atoms with Crippen LogP contribution in [0.1, 0.15) is 20.8 Å². The first-order valence-electron chi connectivity index (χ1n) is 3.43. The second-order valence-corrected chi connectivity index (χ2v) is 2.40. The maximum Gasteiger partial charge on any atom is 0.302 e. The van der Waals surface area contributed by atoms with Gasteiger partial charge in [-0.15, -0.1) is 0 Å². The molecule has 4 nitrogen and oxygen atoms in total. The van der Waals surface area contributed by atoms with Crippen LogP contribution in [0.3, 0.4) is 0 Å². The molecule has 0 fully saturated rings. The van der Waals surface area contributed by atoms with Gasteiger partial charge in [-0.05, 0) is 6.92 Å². The third kappa shape index (κ3) is 6.83. The summed E-state index contributed by atoms with van der Waals surface area (Å²) in [4.78, 5) is 20.7. The zero-order valence-electron chi connectivity index (χ0n) is 7.01. The molecule has 0 aromatic rings. The van der Waals surface area contributed by atoms with Crippen LogP contribution in [0.2, 0.25) is 0 Å². The van der Waals surface area contributed by atoms with Crippen molar-refractivity contribution in [3.63, 3.8) is 0 Å². The Morgan fingerprint density at radius 1 is 1.45 bits per heavy atom. The molecule has 1 atom stereocenters. The monoisotopic (exact) mass is 159 g/mol. The van der Waals surface area contributed by atoms with Crippen molar-refractivity contribution in [3.8, 4) is 0 Å². The molecule has 0 heterocycles. The fraction of sp³-hybridized carbons (Fsp3) is 0.714. The summed E-state index contributed by atoms with van der Waals surface area (Å²) >= 11 is 0. The van der Waals surface area contributed by atoms with Gasteiger partial charge in [0, 0.05) is 13.8 Å². The number of esters is 1. The van der Waals surface area contributed by atoms with Crippen molar-refractivity contribution in [2.45, 2.75) is 26.8 Å². The molecule has 0 spiro atoms. The SMILES string of the molecule is CC(=O)NC(C)COC(C)=O. The van der Waals surface area contributed by atoms with E-state index < -0.39 is 0 Å². The van der Waals surface area contributed by atoms with E-state index in [0.29, 0.717) is 0 Å². The van der Waals surface area contributed by atoms with E-state index in [2.05, 4.69) is 10.1 Å². The molecule has 1 unspecified atom stereocenters. The first-order chi connectivity index (χ1) is 5.02. The average Bonchev–Trinajstić information content (AvgIpc) is 1.82. The summed E-state index contributed by atoms with van der Waals surface area (Å²) in [5, 5.41) is 2.58. The number of rotatable bonds is 3.